The molecule has 1 aromatic carbocycles. The van der Waals surface area contributed by atoms with E-state index in [9.17, 15) is 18.0 Å². The molecule has 0 unspecified atom stereocenters. The van der Waals surface area contributed by atoms with E-state index in [0.717, 1.165) is 12.8 Å². The summed E-state index contributed by atoms with van der Waals surface area (Å²) in [6.07, 6.45) is 2.86. The number of sulfonamides is 1. The van der Waals surface area contributed by atoms with Crippen LogP contribution >= 0.6 is 0 Å². The molecule has 0 saturated carbocycles. The Morgan fingerprint density at radius 3 is 2.45 bits per heavy atom. The highest BCUT2D eigenvalue weighted by molar-refractivity contribution is 7.89. The summed E-state index contributed by atoms with van der Waals surface area (Å²) in [4.78, 5) is 29.6. The Morgan fingerprint density at radius 2 is 1.74 bits per heavy atom. The molecule has 31 heavy (non-hydrogen) atoms. The summed E-state index contributed by atoms with van der Waals surface area (Å²) in [5.41, 5.74) is 0. The highest BCUT2D eigenvalue weighted by Crippen LogP contribution is 2.27. The van der Waals surface area contributed by atoms with Crippen LogP contribution in [-0.2, 0) is 24.3 Å². The average Bonchev–Trinajstić information content (AvgIpc) is 2.82. The van der Waals surface area contributed by atoms with Crippen LogP contribution in [0.15, 0.2) is 35.2 Å². The Balaban J connectivity index is 1.63. The molecule has 3 rings (SSSR count). The average molecular weight is 452 g/mol. The molecule has 2 heterocycles. The molecule has 8 nitrogen and oxygen atoms in total. The Labute approximate surface area is 185 Å². The van der Waals surface area contributed by atoms with Crippen molar-refractivity contribution in [2.24, 2.45) is 11.8 Å². The van der Waals surface area contributed by atoms with Gasteiger partial charge in [-0.2, -0.15) is 4.31 Å². The first-order valence-corrected chi connectivity index (χ1v) is 12.4. The molecule has 0 radical (unpaired) electrons. The van der Waals surface area contributed by atoms with Gasteiger partial charge in [-0.05, 0) is 37.8 Å². The van der Waals surface area contributed by atoms with E-state index in [1.165, 1.54) is 4.31 Å². The van der Waals surface area contributed by atoms with Crippen LogP contribution in [0.5, 0.6) is 0 Å². The Hall–Kier alpha value is -1.97. The van der Waals surface area contributed by atoms with E-state index in [2.05, 4.69) is 0 Å². The van der Waals surface area contributed by atoms with Crippen LogP contribution in [0, 0.1) is 11.8 Å². The van der Waals surface area contributed by atoms with Gasteiger partial charge in [0, 0.05) is 46.9 Å². The second-order valence-corrected chi connectivity index (χ2v) is 10.3. The number of benzene rings is 1. The summed E-state index contributed by atoms with van der Waals surface area (Å²) < 4.78 is 32.4. The molecule has 0 spiro atoms. The molecule has 0 aromatic heterocycles. The van der Waals surface area contributed by atoms with E-state index in [1.807, 2.05) is 0 Å². The quantitative estimate of drug-likeness (QED) is 0.626. The van der Waals surface area contributed by atoms with E-state index in [4.69, 9.17) is 4.74 Å². The molecule has 9 heteroatoms. The van der Waals surface area contributed by atoms with Crippen molar-refractivity contribution in [1.82, 2.24) is 14.1 Å². The molecule has 0 bridgehead atoms. The van der Waals surface area contributed by atoms with Crippen LogP contribution in [0.4, 0.5) is 0 Å². The number of hydrogen-bond donors (Lipinski definition) is 0. The first-order valence-electron chi connectivity index (χ1n) is 10.9. The van der Waals surface area contributed by atoms with Crippen LogP contribution in [-0.4, -0.2) is 87.8 Å². The lowest BCUT2D eigenvalue weighted by molar-refractivity contribution is -0.143. The summed E-state index contributed by atoms with van der Waals surface area (Å²) in [5, 5.41) is 0. The summed E-state index contributed by atoms with van der Waals surface area (Å²) in [6.45, 7) is 2.63. The fourth-order valence-corrected chi connectivity index (χ4v) is 5.94. The van der Waals surface area contributed by atoms with E-state index in [1.54, 1.807) is 54.3 Å². The normalized spacial score (nSPS) is 22.8. The van der Waals surface area contributed by atoms with Crippen LogP contribution in [0.25, 0.3) is 0 Å². The topological polar surface area (TPSA) is 87.2 Å². The maximum Gasteiger partial charge on any atom is 0.243 e. The van der Waals surface area contributed by atoms with Crippen molar-refractivity contribution in [3.8, 4) is 0 Å². The number of carbonyl (C=O) groups is 2. The molecule has 2 aliphatic rings. The molecule has 2 saturated heterocycles. The number of ether oxygens (including phenoxy) is 1. The predicted octanol–water partition coefficient (Wildman–Crippen LogP) is 1.43. The molecular formula is C22H33N3O5S. The summed E-state index contributed by atoms with van der Waals surface area (Å²) in [6, 6.07) is 8.35. The minimum Gasteiger partial charge on any atom is -0.383 e. The third-order valence-corrected chi connectivity index (χ3v) is 8.08. The first kappa shape index (κ1) is 23.7. The van der Waals surface area contributed by atoms with E-state index in [-0.39, 0.29) is 35.1 Å². The largest absolute Gasteiger partial charge is 0.383 e. The first-order chi connectivity index (χ1) is 14.8. The van der Waals surface area contributed by atoms with E-state index in [0.29, 0.717) is 45.6 Å². The molecule has 2 fully saturated rings. The van der Waals surface area contributed by atoms with Gasteiger partial charge in [-0.15, -0.1) is 0 Å². The summed E-state index contributed by atoms with van der Waals surface area (Å²) >= 11 is 0. The SMILES string of the molecule is COCCN(C)C(=O)[C@@H]1CCCN(C(=O)[C@@H]2CCCN(S(=O)(=O)c3ccccc3)C2)C1. The lowest BCUT2D eigenvalue weighted by Gasteiger charge is -2.38. The lowest BCUT2D eigenvalue weighted by atomic mass is 9.93. The van der Waals surface area contributed by atoms with Gasteiger partial charge in [-0.25, -0.2) is 8.42 Å². The van der Waals surface area contributed by atoms with Crippen molar-refractivity contribution in [2.75, 3.05) is 53.5 Å². The van der Waals surface area contributed by atoms with Gasteiger partial charge in [0.2, 0.25) is 21.8 Å². The lowest BCUT2D eigenvalue weighted by Crippen LogP contribution is -2.51. The number of likely N-dealkylation sites (tertiary alicyclic amines) is 1. The monoisotopic (exact) mass is 451 g/mol. The van der Waals surface area contributed by atoms with E-state index >= 15 is 0 Å². The number of likely N-dealkylation sites (N-methyl/N-ethyl adjacent to an activating group) is 1. The molecule has 2 atom stereocenters. The number of hydrogen-bond acceptors (Lipinski definition) is 5. The van der Waals surface area contributed by atoms with Gasteiger partial charge in [0.15, 0.2) is 0 Å². The van der Waals surface area contributed by atoms with Gasteiger partial charge in [0.05, 0.1) is 23.3 Å². The zero-order valence-corrected chi connectivity index (χ0v) is 19.2. The fourth-order valence-electron chi connectivity index (χ4n) is 4.39. The van der Waals surface area contributed by atoms with Crippen molar-refractivity contribution in [3.63, 3.8) is 0 Å². The van der Waals surface area contributed by atoms with Crippen LogP contribution in [0.3, 0.4) is 0 Å². The molecule has 0 aliphatic carbocycles. The predicted molar refractivity (Wildman–Crippen MR) is 117 cm³/mol. The number of rotatable bonds is 7. The van der Waals surface area contributed by atoms with Crippen molar-refractivity contribution in [1.29, 1.82) is 0 Å². The molecule has 1 aromatic rings. The van der Waals surface area contributed by atoms with Crippen molar-refractivity contribution in [2.45, 2.75) is 30.6 Å². The number of carbonyl (C=O) groups excluding carboxylic acids is 2. The summed E-state index contributed by atoms with van der Waals surface area (Å²) in [7, 11) is -0.252. The highest BCUT2D eigenvalue weighted by Gasteiger charge is 2.37. The number of nitrogens with zero attached hydrogens (tertiary/aromatic N) is 3. The zero-order chi connectivity index (χ0) is 22.4. The maximum atomic E-state index is 13.2. The molecule has 2 aliphatic heterocycles. The molecular weight excluding hydrogens is 418 g/mol. The number of methoxy groups -OCH3 is 1. The molecule has 2 amide bonds. The smallest absolute Gasteiger partial charge is 0.243 e. The number of piperidine rings is 2. The Morgan fingerprint density at radius 1 is 1.06 bits per heavy atom. The van der Waals surface area contributed by atoms with Gasteiger partial charge in [-0.1, -0.05) is 18.2 Å². The third kappa shape index (κ3) is 5.64. The Bertz CT molecular complexity index is 861. The van der Waals surface area contributed by atoms with Gasteiger partial charge in [-0.3, -0.25) is 9.59 Å². The summed E-state index contributed by atoms with van der Waals surface area (Å²) in [5.74, 6) is -0.587. The minimum atomic E-state index is -3.61. The molecule has 172 valence electrons. The third-order valence-electron chi connectivity index (χ3n) is 6.20. The highest BCUT2D eigenvalue weighted by atomic mass is 32.2. The van der Waals surface area contributed by atoms with Gasteiger partial charge >= 0.3 is 0 Å². The standard InChI is InChI=1S/C22H33N3O5S/c1-23(14-15-30-2)21(26)18-8-6-12-24(16-18)22(27)19-9-7-13-25(17-19)31(28,29)20-10-4-3-5-11-20/h3-5,10-11,18-19H,6-9,12-17H2,1-2H3/t18-,19-/m1/s1. The van der Waals surface area contributed by atoms with Crippen LogP contribution in [0.1, 0.15) is 25.7 Å². The van der Waals surface area contributed by atoms with Crippen molar-refractivity contribution >= 4 is 21.8 Å². The number of amides is 2. The second kappa shape index (κ2) is 10.6. The van der Waals surface area contributed by atoms with Gasteiger partial charge < -0.3 is 14.5 Å². The fraction of sp³-hybridized carbons (Fsp3) is 0.636. The molecule has 0 N–H and O–H groups in total. The van der Waals surface area contributed by atoms with Crippen molar-refractivity contribution < 1.29 is 22.7 Å². The van der Waals surface area contributed by atoms with Crippen molar-refractivity contribution in [3.05, 3.63) is 30.3 Å². The Kier molecular flexibility index (Phi) is 8.07. The van der Waals surface area contributed by atoms with Crippen LogP contribution in [0.2, 0.25) is 0 Å². The minimum absolute atomic E-state index is 0.0338. The van der Waals surface area contributed by atoms with Gasteiger partial charge in [0.1, 0.15) is 0 Å². The van der Waals surface area contributed by atoms with Gasteiger partial charge in [0.25, 0.3) is 0 Å². The maximum absolute atomic E-state index is 13.2. The zero-order valence-electron chi connectivity index (χ0n) is 18.4. The van der Waals surface area contributed by atoms with E-state index < -0.39 is 10.0 Å². The second-order valence-electron chi connectivity index (χ2n) is 8.39. The van der Waals surface area contributed by atoms with Crippen LogP contribution < -0.4 is 0 Å².